The van der Waals surface area contributed by atoms with E-state index in [1.807, 2.05) is 0 Å². The van der Waals surface area contributed by atoms with Crippen LogP contribution in [0.4, 0.5) is 0 Å². The van der Waals surface area contributed by atoms with Crippen LogP contribution in [0.1, 0.15) is 0 Å². The van der Waals surface area contributed by atoms with E-state index in [0.29, 0.717) is 4.64 Å². The van der Waals surface area contributed by atoms with Gasteiger partial charge in [-0.05, 0) is 6.07 Å². The second-order valence-electron chi connectivity index (χ2n) is 2.11. The molecule has 1 heterocycles. The van der Waals surface area contributed by atoms with E-state index in [9.17, 15) is 4.79 Å². The van der Waals surface area contributed by atoms with Gasteiger partial charge in [0.15, 0.2) is 0 Å². The topological polar surface area (TPSA) is 26.9 Å². The van der Waals surface area contributed by atoms with E-state index in [2.05, 4.69) is 0 Å². The van der Waals surface area contributed by atoms with Crippen molar-refractivity contribution in [1.82, 2.24) is 9.13 Å². The highest BCUT2D eigenvalue weighted by Crippen LogP contribution is 1.81. The highest BCUT2D eigenvalue weighted by Gasteiger charge is 1.91. The Hall–Kier alpha value is -0.900. The van der Waals surface area contributed by atoms with Crippen molar-refractivity contribution in [3.63, 3.8) is 0 Å². The molecule has 10 heavy (non-hydrogen) atoms. The average Bonchev–Trinajstić information content (AvgIpc) is 1.93. The Balaban J connectivity index is 3.66. The molecule has 1 aromatic rings. The summed E-state index contributed by atoms with van der Waals surface area (Å²) in [6.45, 7) is 0. The summed E-state index contributed by atoms with van der Waals surface area (Å²) in [5.74, 6) is 0. The van der Waals surface area contributed by atoms with Gasteiger partial charge in [-0.15, -0.1) is 0 Å². The molecule has 0 atom stereocenters. The number of rotatable bonds is 0. The standard InChI is InChI=1S/C6H8N2OS/c1-7-4-3-5(10)8(2)6(7)9/h3-4H,1-2H3. The first-order valence-electron chi connectivity index (χ1n) is 2.85. The molecule has 0 radical (unpaired) electrons. The van der Waals surface area contributed by atoms with Gasteiger partial charge < -0.3 is 4.57 Å². The molecule has 0 saturated carbocycles. The summed E-state index contributed by atoms with van der Waals surface area (Å²) >= 11 is 4.85. The monoisotopic (exact) mass is 156 g/mol. The van der Waals surface area contributed by atoms with Gasteiger partial charge in [0.25, 0.3) is 0 Å². The lowest BCUT2D eigenvalue weighted by atomic mass is 10.6. The molecule has 0 aromatic carbocycles. The highest BCUT2D eigenvalue weighted by atomic mass is 32.1. The second-order valence-corrected chi connectivity index (χ2v) is 2.52. The molecule has 0 amide bonds. The van der Waals surface area contributed by atoms with Gasteiger partial charge in [-0.3, -0.25) is 4.57 Å². The fourth-order valence-corrected chi connectivity index (χ4v) is 0.821. The smallest absolute Gasteiger partial charge is 0.304 e. The molecule has 0 spiro atoms. The Morgan fingerprint density at radius 1 is 1.50 bits per heavy atom. The first-order chi connectivity index (χ1) is 4.63. The van der Waals surface area contributed by atoms with E-state index in [0.717, 1.165) is 0 Å². The van der Waals surface area contributed by atoms with Crippen LogP contribution >= 0.6 is 12.2 Å². The lowest BCUT2D eigenvalue weighted by Gasteiger charge is -1.99. The zero-order chi connectivity index (χ0) is 7.72. The van der Waals surface area contributed by atoms with Gasteiger partial charge in [-0.2, -0.15) is 0 Å². The molecule has 0 aliphatic rings. The van der Waals surface area contributed by atoms with E-state index >= 15 is 0 Å². The Labute approximate surface area is 63.5 Å². The van der Waals surface area contributed by atoms with Crippen molar-refractivity contribution in [2.75, 3.05) is 0 Å². The first-order valence-corrected chi connectivity index (χ1v) is 3.26. The molecule has 0 unspecified atom stereocenters. The van der Waals surface area contributed by atoms with Crippen LogP contribution in [0, 0.1) is 4.64 Å². The van der Waals surface area contributed by atoms with Gasteiger partial charge in [-0.1, -0.05) is 12.2 Å². The van der Waals surface area contributed by atoms with Crippen molar-refractivity contribution in [3.05, 3.63) is 27.4 Å². The molecule has 1 rings (SSSR count). The van der Waals surface area contributed by atoms with Crippen LogP contribution in [-0.2, 0) is 14.1 Å². The van der Waals surface area contributed by atoms with Crippen LogP contribution in [0.2, 0.25) is 0 Å². The third-order valence-corrected chi connectivity index (χ3v) is 1.77. The summed E-state index contributed by atoms with van der Waals surface area (Å²) in [6, 6.07) is 1.72. The largest absolute Gasteiger partial charge is 0.328 e. The summed E-state index contributed by atoms with van der Waals surface area (Å²) in [7, 11) is 3.35. The summed E-state index contributed by atoms with van der Waals surface area (Å²) in [5, 5.41) is 0. The maximum atomic E-state index is 11.0. The highest BCUT2D eigenvalue weighted by molar-refractivity contribution is 7.71. The summed E-state index contributed by atoms with van der Waals surface area (Å²) in [4.78, 5) is 11.0. The maximum Gasteiger partial charge on any atom is 0.328 e. The number of nitrogens with zero attached hydrogens (tertiary/aromatic N) is 2. The zero-order valence-corrected chi connectivity index (χ0v) is 6.68. The molecular formula is C6H8N2OS. The van der Waals surface area contributed by atoms with Crippen LogP contribution < -0.4 is 5.69 Å². The van der Waals surface area contributed by atoms with Crippen LogP contribution in [0.5, 0.6) is 0 Å². The number of hydrogen-bond acceptors (Lipinski definition) is 2. The Morgan fingerprint density at radius 2 is 2.10 bits per heavy atom. The molecule has 0 bridgehead atoms. The van der Waals surface area contributed by atoms with Gasteiger partial charge >= 0.3 is 5.69 Å². The van der Waals surface area contributed by atoms with Gasteiger partial charge in [0.1, 0.15) is 4.64 Å². The Bertz CT molecular complexity index is 350. The van der Waals surface area contributed by atoms with E-state index in [4.69, 9.17) is 12.2 Å². The minimum Gasteiger partial charge on any atom is -0.304 e. The average molecular weight is 156 g/mol. The van der Waals surface area contributed by atoms with Crippen molar-refractivity contribution in [2.45, 2.75) is 0 Å². The Kier molecular flexibility index (Phi) is 1.72. The Morgan fingerprint density at radius 3 is 2.60 bits per heavy atom. The fraction of sp³-hybridized carbons (Fsp3) is 0.333. The van der Waals surface area contributed by atoms with E-state index < -0.39 is 0 Å². The molecule has 4 heteroatoms. The van der Waals surface area contributed by atoms with Crippen molar-refractivity contribution in [2.24, 2.45) is 14.1 Å². The van der Waals surface area contributed by atoms with Gasteiger partial charge in [0.2, 0.25) is 0 Å². The van der Waals surface area contributed by atoms with Gasteiger partial charge in [0.05, 0.1) is 0 Å². The molecule has 0 aliphatic carbocycles. The minimum absolute atomic E-state index is 0.0903. The van der Waals surface area contributed by atoms with E-state index in [1.165, 1.54) is 9.13 Å². The van der Waals surface area contributed by atoms with Crippen LogP contribution in [0.3, 0.4) is 0 Å². The van der Waals surface area contributed by atoms with Crippen molar-refractivity contribution in [3.8, 4) is 0 Å². The molecule has 54 valence electrons. The number of hydrogen-bond donors (Lipinski definition) is 0. The second kappa shape index (κ2) is 2.38. The summed E-state index contributed by atoms with van der Waals surface area (Å²) in [5.41, 5.74) is -0.0903. The van der Waals surface area contributed by atoms with Gasteiger partial charge in [-0.25, -0.2) is 4.79 Å². The van der Waals surface area contributed by atoms with Gasteiger partial charge in [0, 0.05) is 20.3 Å². The molecule has 3 nitrogen and oxygen atoms in total. The normalized spacial score (nSPS) is 9.80. The first kappa shape index (κ1) is 7.21. The molecule has 0 N–H and O–H groups in total. The zero-order valence-electron chi connectivity index (χ0n) is 5.87. The molecule has 0 saturated heterocycles. The van der Waals surface area contributed by atoms with Crippen molar-refractivity contribution >= 4 is 12.2 Å². The SMILES string of the molecule is Cn1ccc(=S)n(C)c1=O. The predicted molar refractivity (Wildman–Crippen MR) is 41.5 cm³/mol. The summed E-state index contributed by atoms with van der Waals surface area (Å²) in [6.07, 6.45) is 1.66. The number of aromatic nitrogens is 2. The lowest BCUT2D eigenvalue weighted by molar-refractivity contribution is 0.698. The van der Waals surface area contributed by atoms with Crippen molar-refractivity contribution < 1.29 is 0 Å². The third kappa shape index (κ3) is 1.02. The lowest BCUT2D eigenvalue weighted by Crippen LogP contribution is -2.26. The quantitative estimate of drug-likeness (QED) is 0.510. The fourth-order valence-electron chi connectivity index (χ4n) is 0.682. The van der Waals surface area contributed by atoms with E-state index in [1.54, 1.807) is 26.4 Å². The van der Waals surface area contributed by atoms with Crippen LogP contribution in [-0.4, -0.2) is 9.13 Å². The third-order valence-electron chi connectivity index (χ3n) is 1.36. The van der Waals surface area contributed by atoms with Crippen LogP contribution in [0.15, 0.2) is 17.1 Å². The van der Waals surface area contributed by atoms with Crippen LogP contribution in [0.25, 0.3) is 0 Å². The molecule has 0 aliphatic heterocycles. The summed E-state index contributed by atoms with van der Waals surface area (Å²) < 4.78 is 3.47. The minimum atomic E-state index is -0.0903. The molecule has 1 aromatic heterocycles. The number of aryl methyl sites for hydroxylation is 1. The van der Waals surface area contributed by atoms with E-state index in [-0.39, 0.29) is 5.69 Å². The molecule has 0 fully saturated rings. The predicted octanol–water partition coefficient (Wildman–Crippen LogP) is 0.453. The molecular weight excluding hydrogens is 148 g/mol. The van der Waals surface area contributed by atoms with Crippen molar-refractivity contribution in [1.29, 1.82) is 0 Å². The maximum absolute atomic E-state index is 11.0.